The lowest BCUT2D eigenvalue weighted by molar-refractivity contribution is 0.0697. The molecule has 0 amide bonds. The van der Waals surface area contributed by atoms with Crippen molar-refractivity contribution in [3.05, 3.63) is 59.6 Å². The van der Waals surface area contributed by atoms with Crippen LogP contribution in [0.25, 0.3) is 17.2 Å². The fourth-order valence-corrected chi connectivity index (χ4v) is 2.01. The second kappa shape index (κ2) is 4.57. The van der Waals surface area contributed by atoms with Gasteiger partial charge in [-0.25, -0.2) is 4.79 Å². The van der Waals surface area contributed by atoms with Crippen molar-refractivity contribution < 1.29 is 14.6 Å². The van der Waals surface area contributed by atoms with Crippen LogP contribution in [-0.2, 0) is 11.3 Å². The highest BCUT2D eigenvalue weighted by atomic mass is 16.5. The molecule has 0 unspecified atom stereocenters. The molecular formula is C15H11NO3. The SMILES string of the molecule is O=C(O)c1cccc(-c2cnc3c(c2)C=COC3)c1. The third kappa shape index (κ3) is 2.20. The van der Waals surface area contributed by atoms with Crippen molar-refractivity contribution in [3.8, 4) is 11.1 Å². The Morgan fingerprint density at radius 3 is 3.00 bits per heavy atom. The zero-order valence-electron chi connectivity index (χ0n) is 10.0. The van der Waals surface area contributed by atoms with Gasteiger partial charge in [-0.3, -0.25) is 4.98 Å². The van der Waals surface area contributed by atoms with E-state index in [9.17, 15) is 4.79 Å². The highest BCUT2D eigenvalue weighted by Crippen LogP contribution is 2.24. The van der Waals surface area contributed by atoms with E-state index in [1.807, 2.05) is 18.2 Å². The van der Waals surface area contributed by atoms with E-state index in [-0.39, 0.29) is 5.56 Å². The lowest BCUT2D eigenvalue weighted by Crippen LogP contribution is -2.00. The third-order valence-electron chi connectivity index (χ3n) is 3.01. The molecule has 0 aliphatic carbocycles. The summed E-state index contributed by atoms with van der Waals surface area (Å²) in [6.07, 6.45) is 5.24. The maximum atomic E-state index is 11.0. The molecule has 1 aliphatic heterocycles. The van der Waals surface area contributed by atoms with Crippen LogP contribution in [0, 0.1) is 0 Å². The number of benzene rings is 1. The Morgan fingerprint density at radius 1 is 1.26 bits per heavy atom. The number of nitrogens with zero attached hydrogens (tertiary/aromatic N) is 1. The largest absolute Gasteiger partial charge is 0.495 e. The predicted octanol–water partition coefficient (Wildman–Crippen LogP) is 2.95. The van der Waals surface area contributed by atoms with Crippen LogP contribution in [0.3, 0.4) is 0 Å². The molecule has 0 saturated heterocycles. The van der Waals surface area contributed by atoms with Crippen molar-refractivity contribution >= 4 is 12.0 Å². The summed E-state index contributed by atoms with van der Waals surface area (Å²) in [5.74, 6) is -0.930. The van der Waals surface area contributed by atoms with Crippen LogP contribution in [0.4, 0.5) is 0 Å². The summed E-state index contributed by atoms with van der Waals surface area (Å²) in [4.78, 5) is 15.3. The molecule has 1 aromatic heterocycles. The maximum Gasteiger partial charge on any atom is 0.335 e. The number of ether oxygens (including phenoxy) is 1. The minimum Gasteiger partial charge on any atom is -0.495 e. The second-order valence-corrected chi connectivity index (χ2v) is 4.26. The van der Waals surface area contributed by atoms with Gasteiger partial charge in [0, 0.05) is 17.3 Å². The molecule has 2 aromatic rings. The average Bonchev–Trinajstić information content (AvgIpc) is 2.47. The Bertz CT molecular complexity index is 677. The quantitative estimate of drug-likeness (QED) is 0.893. The first kappa shape index (κ1) is 11.5. The van der Waals surface area contributed by atoms with Gasteiger partial charge < -0.3 is 9.84 Å². The van der Waals surface area contributed by atoms with Crippen molar-refractivity contribution in [2.45, 2.75) is 6.61 Å². The molecule has 4 nitrogen and oxygen atoms in total. The number of aromatic nitrogens is 1. The van der Waals surface area contributed by atoms with Crippen LogP contribution in [0.2, 0.25) is 0 Å². The van der Waals surface area contributed by atoms with Gasteiger partial charge in [0.15, 0.2) is 0 Å². The molecule has 4 heteroatoms. The maximum absolute atomic E-state index is 11.0. The lowest BCUT2D eigenvalue weighted by atomic mass is 10.0. The summed E-state index contributed by atoms with van der Waals surface area (Å²) in [6.45, 7) is 0.473. The summed E-state index contributed by atoms with van der Waals surface area (Å²) < 4.78 is 5.17. The van der Waals surface area contributed by atoms with Crippen molar-refractivity contribution in [2.24, 2.45) is 0 Å². The fraction of sp³-hybridized carbons (Fsp3) is 0.0667. The molecule has 1 aliphatic rings. The zero-order valence-corrected chi connectivity index (χ0v) is 10.0. The van der Waals surface area contributed by atoms with Gasteiger partial charge >= 0.3 is 5.97 Å². The number of fused-ring (bicyclic) bond motifs is 1. The summed E-state index contributed by atoms with van der Waals surface area (Å²) in [5, 5.41) is 9.00. The molecule has 0 radical (unpaired) electrons. The zero-order chi connectivity index (χ0) is 13.2. The standard InChI is InChI=1S/C15H11NO3/c17-15(18)12-3-1-2-10(6-12)13-7-11-4-5-19-9-14(11)16-8-13/h1-8H,9H2,(H,17,18). The summed E-state index contributed by atoms with van der Waals surface area (Å²) >= 11 is 0. The predicted molar refractivity (Wildman–Crippen MR) is 70.5 cm³/mol. The van der Waals surface area contributed by atoms with Gasteiger partial charge in [0.2, 0.25) is 0 Å². The highest BCUT2D eigenvalue weighted by Gasteiger charge is 2.10. The van der Waals surface area contributed by atoms with Crippen LogP contribution in [-0.4, -0.2) is 16.1 Å². The Labute approximate surface area is 110 Å². The van der Waals surface area contributed by atoms with Gasteiger partial charge in [-0.1, -0.05) is 12.1 Å². The number of carbonyl (C=O) groups is 1. The Balaban J connectivity index is 2.05. The molecule has 19 heavy (non-hydrogen) atoms. The Morgan fingerprint density at radius 2 is 2.16 bits per heavy atom. The number of hydrogen-bond acceptors (Lipinski definition) is 3. The first-order valence-electron chi connectivity index (χ1n) is 5.85. The van der Waals surface area contributed by atoms with E-state index in [4.69, 9.17) is 9.84 Å². The summed E-state index contributed by atoms with van der Waals surface area (Å²) in [6, 6.07) is 8.82. The smallest absolute Gasteiger partial charge is 0.335 e. The van der Waals surface area contributed by atoms with Gasteiger partial charge in [-0.15, -0.1) is 0 Å². The molecular weight excluding hydrogens is 242 g/mol. The van der Waals surface area contributed by atoms with Gasteiger partial charge in [0.1, 0.15) is 6.61 Å². The first-order chi connectivity index (χ1) is 9.24. The number of aromatic carboxylic acids is 1. The van der Waals surface area contributed by atoms with Gasteiger partial charge in [0.05, 0.1) is 17.5 Å². The van der Waals surface area contributed by atoms with Gasteiger partial charge in [0.25, 0.3) is 0 Å². The molecule has 0 spiro atoms. The molecule has 0 bridgehead atoms. The summed E-state index contributed by atoms with van der Waals surface area (Å²) in [5.41, 5.74) is 3.91. The van der Waals surface area contributed by atoms with E-state index >= 15 is 0 Å². The molecule has 0 atom stereocenters. The van der Waals surface area contributed by atoms with E-state index < -0.39 is 5.97 Å². The van der Waals surface area contributed by atoms with Crippen LogP contribution < -0.4 is 0 Å². The topological polar surface area (TPSA) is 59.4 Å². The first-order valence-corrected chi connectivity index (χ1v) is 5.85. The monoisotopic (exact) mass is 253 g/mol. The number of pyridine rings is 1. The second-order valence-electron chi connectivity index (χ2n) is 4.26. The molecule has 0 fully saturated rings. The van der Waals surface area contributed by atoms with Crippen molar-refractivity contribution in [3.63, 3.8) is 0 Å². The van der Waals surface area contributed by atoms with E-state index in [1.165, 1.54) is 0 Å². The van der Waals surface area contributed by atoms with E-state index in [0.29, 0.717) is 6.61 Å². The van der Waals surface area contributed by atoms with E-state index in [1.54, 1.807) is 30.7 Å². The van der Waals surface area contributed by atoms with Crippen molar-refractivity contribution in [2.75, 3.05) is 0 Å². The number of hydrogen-bond donors (Lipinski definition) is 1. The molecule has 1 N–H and O–H groups in total. The van der Waals surface area contributed by atoms with Gasteiger partial charge in [-0.05, 0) is 29.8 Å². The van der Waals surface area contributed by atoms with E-state index in [0.717, 1.165) is 22.4 Å². The van der Waals surface area contributed by atoms with E-state index in [2.05, 4.69) is 4.98 Å². The normalized spacial score (nSPS) is 12.6. The van der Waals surface area contributed by atoms with Crippen LogP contribution in [0.1, 0.15) is 21.6 Å². The Hall–Kier alpha value is -2.62. The van der Waals surface area contributed by atoms with Crippen molar-refractivity contribution in [1.29, 1.82) is 0 Å². The minimum absolute atomic E-state index is 0.272. The molecule has 1 aromatic carbocycles. The molecule has 0 saturated carbocycles. The average molecular weight is 253 g/mol. The third-order valence-corrected chi connectivity index (χ3v) is 3.01. The fourth-order valence-electron chi connectivity index (χ4n) is 2.01. The number of carboxylic acid groups (broad SMARTS) is 1. The van der Waals surface area contributed by atoms with Crippen LogP contribution in [0.5, 0.6) is 0 Å². The Kier molecular flexibility index (Phi) is 2.76. The van der Waals surface area contributed by atoms with Crippen LogP contribution in [0.15, 0.2) is 42.8 Å². The van der Waals surface area contributed by atoms with Crippen LogP contribution >= 0.6 is 0 Å². The molecule has 2 heterocycles. The van der Waals surface area contributed by atoms with Crippen molar-refractivity contribution in [1.82, 2.24) is 4.98 Å². The lowest BCUT2D eigenvalue weighted by Gasteiger charge is -2.12. The number of rotatable bonds is 2. The summed E-state index contributed by atoms with van der Waals surface area (Å²) in [7, 11) is 0. The molecule has 94 valence electrons. The minimum atomic E-state index is -0.930. The number of carboxylic acids is 1. The highest BCUT2D eigenvalue weighted by molar-refractivity contribution is 5.89. The van der Waals surface area contributed by atoms with Gasteiger partial charge in [-0.2, -0.15) is 0 Å². The molecule has 3 rings (SSSR count).